The fourth-order valence-electron chi connectivity index (χ4n) is 4.05. The van der Waals surface area contributed by atoms with Gasteiger partial charge in [0.15, 0.2) is 5.69 Å². The predicted octanol–water partition coefficient (Wildman–Crippen LogP) is 4.02. The zero-order valence-corrected chi connectivity index (χ0v) is 21.4. The Labute approximate surface area is 214 Å². The van der Waals surface area contributed by atoms with Crippen molar-refractivity contribution in [3.63, 3.8) is 0 Å². The number of ether oxygens (including phenoxy) is 2. The first-order chi connectivity index (χ1) is 16.7. The third-order valence-electron chi connectivity index (χ3n) is 5.85. The molecular weight excluding hydrogens is 491 g/mol. The number of halogens is 2. The van der Waals surface area contributed by atoms with Crippen molar-refractivity contribution in [1.82, 2.24) is 15.1 Å². The van der Waals surface area contributed by atoms with Gasteiger partial charge < -0.3 is 19.7 Å². The molecular formula is C25H28Cl2N4O4. The molecule has 1 aliphatic rings. The number of morpholine rings is 1. The van der Waals surface area contributed by atoms with Gasteiger partial charge in [-0.15, -0.1) is 11.6 Å². The molecule has 35 heavy (non-hydrogen) atoms. The molecule has 0 radical (unpaired) electrons. The van der Waals surface area contributed by atoms with Crippen LogP contribution in [0.25, 0.3) is 22.0 Å². The summed E-state index contributed by atoms with van der Waals surface area (Å²) in [6.07, 6.45) is 0. The number of nitrogens with zero attached hydrogens (tertiary/aromatic N) is 3. The van der Waals surface area contributed by atoms with Crippen LogP contribution >= 0.6 is 23.2 Å². The van der Waals surface area contributed by atoms with Crippen LogP contribution in [0.5, 0.6) is 0 Å². The van der Waals surface area contributed by atoms with Crippen LogP contribution < -0.4 is 10.2 Å². The lowest BCUT2D eigenvalue weighted by Crippen LogP contribution is -2.47. The van der Waals surface area contributed by atoms with E-state index < -0.39 is 11.5 Å². The molecule has 1 N–H and O–H groups in total. The van der Waals surface area contributed by atoms with E-state index in [1.165, 1.54) is 0 Å². The van der Waals surface area contributed by atoms with Gasteiger partial charge in [0.05, 0.1) is 35.0 Å². The van der Waals surface area contributed by atoms with Crippen molar-refractivity contribution >= 4 is 51.7 Å². The molecule has 2 aromatic carbocycles. The highest BCUT2D eigenvalue weighted by molar-refractivity contribution is 6.33. The lowest BCUT2D eigenvalue weighted by Gasteiger charge is -2.29. The SMILES string of the molecule is Cn1nc(C(=O)NC(C)(C)COC(=O)CCl)c2ccc(-c3ccc(N4CCOCC4)c(Cl)c3)cc21. The summed E-state index contributed by atoms with van der Waals surface area (Å²) in [6, 6.07) is 11.9. The van der Waals surface area contributed by atoms with Crippen molar-refractivity contribution in [2.45, 2.75) is 19.4 Å². The third-order valence-corrected chi connectivity index (χ3v) is 6.38. The number of nitrogens with one attached hydrogen (secondary N) is 1. The van der Waals surface area contributed by atoms with Crippen LogP contribution in [0, 0.1) is 0 Å². The summed E-state index contributed by atoms with van der Waals surface area (Å²) in [5.41, 5.74) is 3.26. The molecule has 0 bridgehead atoms. The smallest absolute Gasteiger partial charge is 0.320 e. The number of anilines is 1. The number of esters is 1. The molecule has 1 aromatic heterocycles. The summed E-state index contributed by atoms with van der Waals surface area (Å²) in [5, 5.41) is 8.73. The van der Waals surface area contributed by atoms with Gasteiger partial charge in [0.2, 0.25) is 0 Å². The molecule has 186 valence electrons. The minimum Gasteiger partial charge on any atom is -0.462 e. The maximum absolute atomic E-state index is 13.0. The molecule has 3 aromatic rings. The normalized spacial score (nSPS) is 14.3. The van der Waals surface area contributed by atoms with E-state index in [0.717, 1.165) is 40.8 Å². The Bertz CT molecular complexity index is 1250. The van der Waals surface area contributed by atoms with Gasteiger partial charge in [-0.1, -0.05) is 23.7 Å². The molecule has 4 rings (SSSR count). The first-order valence-electron chi connectivity index (χ1n) is 11.3. The number of hydrogen-bond acceptors (Lipinski definition) is 6. The van der Waals surface area contributed by atoms with Crippen molar-refractivity contribution in [3.8, 4) is 11.1 Å². The second-order valence-corrected chi connectivity index (χ2v) is 9.78. The average Bonchev–Trinajstić information content (AvgIpc) is 3.18. The maximum Gasteiger partial charge on any atom is 0.320 e. The highest BCUT2D eigenvalue weighted by atomic mass is 35.5. The Kier molecular flexibility index (Phi) is 7.54. The number of carbonyl (C=O) groups is 2. The van der Waals surface area contributed by atoms with Gasteiger partial charge in [-0.2, -0.15) is 5.10 Å². The molecule has 10 heteroatoms. The molecule has 1 saturated heterocycles. The summed E-state index contributed by atoms with van der Waals surface area (Å²) in [5.74, 6) is -1.13. The predicted molar refractivity (Wildman–Crippen MR) is 137 cm³/mol. The minimum atomic E-state index is -0.790. The number of rotatable bonds is 7. The number of carbonyl (C=O) groups excluding carboxylic acids is 2. The van der Waals surface area contributed by atoms with Crippen LogP contribution in [0.1, 0.15) is 24.3 Å². The third kappa shape index (κ3) is 5.72. The topological polar surface area (TPSA) is 85.7 Å². The molecule has 2 heterocycles. The largest absolute Gasteiger partial charge is 0.462 e. The quantitative estimate of drug-likeness (QED) is 0.375. The van der Waals surface area contributed by atoms with E-state index in [1.54, 1.807) is 25.6 Å². The van der Waals surface area contributed by atoms with Crippen LogP contribution in [0.2, 0.25) is 5.02 Å². The molecule has 8 nitrogen and oxygen atoms in total. The van der Waals surface area contributed by atoms with Crippen molar-refractivity contribution in [2.75, 3.05) is 43.7 Å². The highest BCUT2D eigenvalue weighted by Gasteiger charge is 2.26. The van der Waals surface area contributed by atoms with Crippen molar-refractivity contribution in [3.05, 3.63) is 47.1 Å². The van der Waals surface area contributed by atoms with Gasteiger partial charge in [-0.3, -0.25) is 14.3 Å². The molecule has 0 atom stereocenters. The highest BCUT2D eigenvalue weighted by Crippen LogP contribution is 2.33. The van der Waals surface area contributed by atoms with E-state index in [1.807, 2.05) is 36.4 Å². The van der Waals surface area contributed by atoms with Crippen molar-refractivity contribution < 1.29 is 19.1 Å². The van der Waals surface area contributed by atoms with Gasteiger partial charge in [0.25, 0.3) is 5.91 Å². The lowest BCUT2D eigenvalue weighted by molar-refractivity contribution is -0.142. The molecule has 0 saturated carbocycles. The Morgan fingerprint density at radius 2 is 1.83 bits per heavy atom. The van der Waals surface area contributed by atoms with Gasteiger partial charge in [-0.05, 0) is 49.2 Å². The Balaban J connectivity index is 1.56. The second kappa shape index (κ2) is 10.4. The average molecular weight is 519 g/mol. The lowest BCUT2D eigenvalue weighted by atomic mass is 10.0. The molecule has 0 spiro atoms. The zero-order chi connectivity index (χ0) is 25.2. The van der Waals surface area contributed by atoms with E-state index in [2.05, 4.69) is 15.3 Å². The minimum absolute atomic E-state index is 0.000412. The number of benzene rings is 2. The van der Waals surface area contributed by atoms with Crippen LogP contribution in [-0.4, -0.2) is 66.0 Å². The van der Waals surface area contributed by atoms with E-state index >= 15 is 0 Å². The fourth-order valence-corrected chi connectivity index (χ4v) is 4.43. The van der Waals surface area contributed by atoms with E-state index in [-0.39, 0.29) is 18.4 Å². The summed E-state index contributed by atoms with van der Waals surface area (Å²) < 4.78 is 12.2. The maximum atomic E-state index is 13.0. The number of alkyl halides is 1. The summed E-state index contributed by atoms with van der Waals surface area (Å²) >= 11 is 12.1. The van der Waals surface area contributed by atoms with Gasteiger partial charge in [0.1, 0.15) is 12.5 Å². The first kappa shape index (κ1) is 25.3. The number of fused-ring (bicyclic) bond motifs is 1. The van der Waals surface area contributed by atoms with Crippen molar-refractivity contribution in [2.24, 2.45) is 7.05 Å². The summed E-state index contributed by atoms with van der Waals surface area (Å²) in [4.78, 5) is 26.6. The second-order valence-electron chi connectivity index (χ2n) is 9.10. The van der Waals surface area contributed by atoms with E-state index in [9.17, 15) is 9.59 Å². The Morgan fingerprint density at radius 1 is 1.14 bits per heavy atom. The molecule has 0 aliphatic carbocycles. The first-order valence-corrected chi connectivity index (χ1v) is 12.2. The molecule has 0 unspecified atom stereocenters. The van der Waals surface area contributed by atoms with Gasteiger partial charge >= 0.3 is 5.97 Å². The van der Waals surface area contributed by atoms with Crippen LogP contribution in [0.3, 0.4) is 0 Å². The summed E-state index contributed by atoms with van der Waals surface area (Å²) in [6.45, 7) is 6.55. The van der Waals surface area contributed by atoms with Gasteiger partial charge in [-0.25, -0.2) is 0 Å². The van der Waals surface area contributed by atoms with E-state index in [0.29, 0.717) is 23.9 Å². The molecule has 1 aliphatic heterocycles. The fraction of sp³-hybridized carbons (Fsp3) is 0.400. The van der Waals surface area contributed by atoms with Crippen LogP contribution in [0.15, 0.2) is 36.4 Å². The summed E-state index contributed by atoms with van der Waals surface area (Å²) in [7, 11) is 1.80. The number of hydrogen-bond donors (Lipinski definition) is 1. The zero-order valence-electron chi connectivity index (χ0n) is 19.9. The number of aryl methyl sites for hydroxylation is 1. The monoisotopic (exact) mass is 518 g/mol. The Morgan fingerprint density at radius 3 is 2.51 bits per heavy atom. The molecule has 1 fully saturated rings. The van der Waals surface area contributed by atoms with Crippen molar-refractivity contribution in [1.29, 1.82) is 0 Å². The number of aromatic nitrogens is 2. The van der Waals surface area contributed by atoms with Crippen LogP contribution in [0.4, 0.5) is 5.69 Å². The molecule has 1 amide bonds. The van der Waals surface area contributed by atoms with Crippen LogP contribution in [-0.2, 0) is 21.3 Å². The van der Waals surface area contributed by atoms with E-state index in [4.69, 9.17) is 32.7 Å². The standard InChI is InChI=1S/C25H28Cl2N4O4/c1-25(2,15-35-22(32)14-26)28-24(33)23-18-6-4-17(13-21(18)30(3)29-23)16-5-7-20(19(27)12-16)31-8-10-34-11-9-31/h4-7,12-13H,8-11,14-15H2,1-3H3,(H,28,33). The van der Waals surface area contributed by atoms with Gasteiger partial charge in [0, 0.05) is 25.5 Å². The number of amides is 1. The Hall–Kier alpha value is -2.81.